The Bertz CT molecular complexity index is 1740. The van der Waals surface area contributed by atoms with Crippen LogP contribution in [0.1, 0.15) is 68.4 Å². The van der Waals surface area contributed by atoms with Gasteiger partial charge >= 0.3 is 5.97 Å². The van der Waals surface area contributed by atoms with Crippen molar-refractivity contribution in [1.82, 2.24) is 14.9 Å². The molecule has 0 saturated heterocycles. The molecular weight excluding hydrogens is 538 g/mol. The van der Waals surface area contributed by atoms with Crippen molar-refractivity contribution in [2.45, 2.75) is 84.2 Å². The molecule has 0 saturated carbocycles. The molecule has 42 heavy (non-hydrogen) atoms. The van der Waals surface area contributed by atoms with Crippen LogP contribution in [0.4, 0.5) is 5.69 Å². The average molecular weight is 574 g/mol. The Balaban J connectivity index is 1.39. The third-order valence-electron chi connectivity index (χ3n) is 8.96. The molecule has 2 aliphatic heterocycles. The highest BCUT2D eigenvalue weighted by Gasteiger charge is 2.45. The molecular formula is C31H35N5O6. The molecule has 2 aromatic heterocycles. The Morgan fingerprint density at radius 1 is 1.12 bits per heavy atom. The van der Waals surface area contributed by atoms with Gasteiger partial charge in [-0.3, -0.25) is 14.4 Å². The van der Waals surface area contributed by atoms with E-state index < -0.39 is 23.7 Å². The zero-order chi connectivity index (χ0) is 30.1. The third kappa shape index (κ3) is 4.13. The summed E-state index contributed by atoms with van der Waals surface area (Å²) >= 11 is 0. The SMILES string of the molecule is CC[C@@]1(O)C(=O)OCc2c1cc1n(c2=O)Cc2c-1nc1ccc(NC(=O)[C@H](C)NC(=O)[C@@H](N)C(C)C)c3c1c2CCC3. The number of aryl methyl sites for hydroxylation is 2. The number of ether oxygens (including phenoxy) is 1. The Labute approximate surface area is 242 Å². The molecule has 0 radical (unpaired) electrons. The first-order valence-electron chi connectivity index (χ1n) is 14.5. The molecule has 11 nitrogen and oxygen atoms in total. The molecule has 0 unspecified atom stereocenters. The largest absolute Gasteiger partial charge is 0.458 e. The summed E-state index contributed by atoms with van der Waals surface area (Å²) in [5.74, 6) is -1.53. The van der Waals surface area contributed by atoms with E-state index in [0.717, 1.165) is 46.9 Å². The molecule has 11 heteroatoms. The summed E-state index contributed by atoms with van der Waals surface area (Å²) in [6.45, 7) is 7.14. The van der Waals surface area contributed by atoms with E-state index in [-0.39, 0.29) is 47.4 Å². The normalized spacial score (nSPS) is 19.9. The molecule has 3 atom stereocenters. The molecule has 4 heterocycles. The van der Waals surface area contributed by atoms with Crippen LogP contribution in [0.3, 0.4) is 0 Å². The number of hydrogen-bond acceptors (Lipinski definition) is 8. The second-order valence-electron chi connectivity index (χ2n) is 11.8. The van der Waals surface area contributed by atoms with Crippen molar-refractivity contribution in [3.8, 4) is 11.4 Å². The van der Waals surface area contributed by atoms with Crippen LogP contribution >= 0.6 is 0 Å². The lowest BCUT2D eigenvalue weighted by Gasteiger charge is -2.31. The number of esters is 1. The van der Waals surface area contributed by atoms with E-state index >= 15 is 0 Å². The highest BCUT2D eigenvalue weighted by atomic mass is 16.6. The molecule has 1 aliphatic carbocycles. The first-order valence-corrected chi connectivity index (χ1v) is 14.5. The molecule has 220 valence electrons. The Kier molecular flexibility index (Phi) is 6.69. The summed E-state index contributed by atoms with van der Waals surface area (Å²) in [6, 6.07) is 3.90. The predicted molar refractivity (Wildman–Crippen MR) is 156 cm³/mol. The molecule has 1 aromatic carbocycles. The zero-order valence-corrected chi connectivity index (χ0v) is 24.2. The van der Waals surface area contributed by atoms with Gasteiger partial charge in [-0.05, 0) is 67.9 Å². The Hall–Kier alpha value is -4.09. The van der Waals surface area contributed by atoms with Gasteiger partial charge in [0.25, 0.3) is 5.56 Å². The fourth-order valence-electron chi connectivity index (χ4n) is 6.35. The van der Waals surface area contributed by atoms with Gasteiger partial charge in [0.1, 0.15) is 12.6 Å². The van der Waals surface area contributed by atoms with E-state index in [9.17, 15) is 24.3 Å². The third-order valence-corrected chi connectivity index (χ3v) is 8.96. The van der Waals surface area contributed by atoms with Crippen molar-refractivity contribution in [3.05, 3.63) is 56.4 Å². The van der Waals surface area contributed by atoms with Gasteiger partial charge in [0, 0.05) is 22.2 Å². The minimum atomic E-state index is -1.88. The fourth-order valence-corrected chi connectivity index (χ4v) is 6.35. The lowest BCUT2D eigenvalue weighted by Crippen LogP contribution is -2.50. The number of cyclic esters (lactones) is 1. The Morgan fingerprint density at radius 2 is 1.86 bits per heavy atom. The average Bonchev–Trinajstić information content (AvgIpc) is 3.35. The number of pyridine rings is 2. The summed E-state index contributed by atoms with van der Waals surface area (Å²) in [5, 5.41) is 17.8. The van der Waals surface area contributed by atoms with E-state index in [1.807, 2.05) is 26.0 Å². The molecule has 0 bridgehead atoms. The molecule has 5 N–H and O–H groups in total. The molecule has 3 aromatic rings. The lowest BCUT2D eigenvalue weighted by atomic mass is 9.85. The molecule has 2 amide bonds. The van der Waals surface area contributed by atoms with E-state index in [4.69, 9.17) is 15.5 Å². The van der Waals surface area contributed by atoms with Crippen molar-refractivity contribution in [2.24, 2.45) is 11.7 Å². The van der Waals surface area contributed by atoms with E-state index in [0.29, 0.717) is 23.6 Å². The number of fused-ring (bicyclic) bond motifs is 5. The van der Waals surface area contributed by atoms with Gasteiger partial charge in [0.05, 0.1) is 35.1 Å². The smallest absolute Gasteiger partial charge is 0.343 e. The summed E-state index contributed by atoms with van der Waals surface area (Å²) in [5.41, 5.74) is 9.95. The topological polar surface area (TPSA) is 166 Å². The van der Waals surface area contributed by atoms with Crippen LogP contribution in [0.5, 0.6) is 0 Å². The lowest BCUT2D eigenvalue weighted by molar-refractivity contribution is -0.172. The molecule has 6 rings (SSSR count). The van der Waals surface area contributed by atoms with Gasteiger partial charge < -0.3 is 30.8 Å². The summed E-state index contributed by atoms with van der Waals surface area (Å²) in [6.07, 6.45) is 2.45. The molecule has 3 aliphatic rings. The monoisotopic (exact) mass is 573 g/mol. The van der Waals surface area contributed by atoms with Crippen LogP contribution in [0.2, 0.25) is 0 Å². The van der Waals surface area contributed by atoms with Crippen molar-refractivity contribution >= 4 is 34.4 Å². The van der Waals surface area contributed by atoms with Crippen molar-refractivity contribution in [3.63, 3.8) is 0 Å². The number of hydrogen-bond donors (Lipinski definition) is 4. The quantitative estimate of drug-likeness (QED) is 0.254. The van der Waals surface area contributed by atoms with Crippen LogP contribution in [-0.2, 0) is 50.7 Å². The van der Waals surface area contributed by atoms with E-state index in [2.05, 4.69) is 10.6 Å². The van der Waals surface area contributed by atoms with Crippen molar-refractivity contribution < 1.29 is 24.2 Å². The fraction of sp³-hybridized carbons (Fsp3) is 0.452. The molecule has 0 spiro atoms. The highest BCUT2D eigenvalue weighted by molar-refractivity contribution is 6.02. The number of nitrogens with one attached hydrogen (secondary N) is 2. The van der Waals surface area contributed by atoms with Gasteiger partial charge in [-0.2, -0.15) is 0 Å². The minimum absolute atomic E-state index is 0.0565. The first-order chi connectivity index (χ1) is 20.0. The van der Waals surface area contributed by atoms with E-state index in [1.54, 1.807) is 24.5 Å². The number of aliphatic hydroxyl groups is 1. The van der Waals surface area contributed by atoms with Gasteiger partial charge in [-0.25, -0.2) is 9.78 Å². The summed E-state index contributed by atoms with van der Waals surface area (Å²) < 4.78 is 6.83. The van der Waals surface area contributed by atoms with Crippen molar-refractivity contribution in [2.75, 3.05) is 5.32 Å². The second-order valence-corrected chi connectivity index (χ2v) is 11.8. The van der Waals surface area contributed by atoms with Crippen LogP contribution in [-0.4, -0.2) is 44.5 Å². The predicted octanol–water partition coefficient (Wildman–Crippen LogP) is 1.99. The van der Waals surface area contributed by atoms with E-state index in [1.165, 1.54) is 0 Å². The number of anilines is 1. The number of aromatic nitrogens is 2. The van der Waals surface area contributed by atoms with Gasteiger partial charge in [0.2, 0.25) is 11.8 Å². The van der Waals surface area contributed by atoms with Crippen LogP contribution in [0.15, 0.2) is 23.0 Å². The number of carbonyl (C=O) groups excluding carboxylic acids is 3. The number of amides is 2. The minimum Gasteiger partial charge on any atom is -0.458 e. The number of benzene rings is 1. The molecule has 0 fully saturated rings. The zero-order valence-electron chi connectivity index (χ0n) is 24.2. The van der Waals surface area contributed by atoms with Gasteiger partial charge in [-0.1, -0.05) is 20.8 Å². The number of nitrogens with zero attached hydrogens (tertiary/aromatic N) is 2. The maximum Gasteiger partial charge on any atom is 0.343 e. The highest BCUT2D eigenvalue weighted by Crippen LogP contribution is 2.43. The van der Waals surface area contributed by atoms with Crippen LogP contribution < -0.4 is 21.9 Å². The van der Waals surface area contributed by atoms with Gasteiger partial charge in [-0.15, -0.1) is 0 Å². The standard InChI is InChI=1S/C31H35N5O6/c1-5-31(41)20-11-23-26-18(12-36(23)29(39)19(20)13-42-30(31)40)16-7-6-8-17-21(9-10-22(34-26)24(16)17)35-27(37)15(4)33-28(38)25(32)14(2)3/h9-11,14-15,25,41H,5-8,12-13,32H2,1-4H3,(H,33,38)(H,35,37)/t15-,25-,31-/m0/s1. The second kappa shape index (κ2) is 10.0. The summed E-state index contributed by atoms with van der Waals surface area (Å²) in [7, 11) is 0. The first kappa shape index (κ1) is 28.0. The van der Waals surface area contributed by atoms with Gasteiger partial charge in [0.15, 0.2) is 5.60 Å². The van der Waals surface area contributed by atoms with Crippen LogP contribution in [0, 0.1) is 5.92 Å². The van der Waals surface area contributed by atoms with Crippen molar-refractivity contribution in [1.29, 1.82) is 0 Å². The number of nitrogens with two attached hydrogens (primary N) is 1. The maximum atomic E-state index is 13.6. The maximum absolute atomic E-state index is 13.6. The summed E-state index contributed by atoms with van der Waals surface area (Å²) in [4.78, 5) is 56.5. The number of carbonyl (C=O) groups is 3. The Morgan fingerprint density at radius 3 is 2.57 bits per heavy atom. The van der Waals surface area contributed by atoms with Crippen LogP contribution in [0.25, 0.3) is 22.3 Å². The number of rotatable bonds is 6.